The van der Waals surface area contributed by atoms with Crippen LogP contribution in [-0.4, -0.2) is 47.1 Å². The van der Waals surface area contributed by atoms with Crippen molar-refractivity contribution in [3.05, 3.63) is 41.9 Å². The predicted octanol–water partition coefficient (Wildman–Crippen LogP) is 4.39. The molecule has 0 radical (unpaired) electrons. The first kappa shape index (κ1) is 26.8. The number of carbonyl (C=O) groups excluding carboxylic acids is 2. The average molecular weight is 555 g/mol. The third kappa shape index (κ3) is 6.00. The Kier molecular flexibility index (Phi) is 7.26. The number of hydrogen-bond acceptors (Lipinski definition) is 6. The molecule has 0 saturated heterocycles. The number of nitrogens with zero attached hydrogens (tertiary/aromatic N) is 6. The number of amides is 2. The van der Waals surface area contributed by atoms with Gasteiger partial charge in [-0.05, 0) is 74.3 Å². The van der Waals surface area contributed by atoms with E-state index < -0.39 is 17.9 Å². The molecule has 3 aromatic rings. The second-order valence-corrected chi connectivity index (χ2v) is 11.7. The van der Waals surface area contributed by atoms with Gasteiger partial charge in [-0.2, -0.15) is 10.2 Å². The standard InChI is InChI=1S/C28H36F2N8O2/c1-2-3-23(39)35-24(18-6-7-18)20-12-22-34-21(15-37(22)32-13-20)25(19-8-10-28(29,30)11-9-19)36-27(40)26-31-16-33-38(26)14-17-4-5-17/h12-13,15-19,24-25H,2-11,14H2,1H3,(H,35,39)(H,36,40)/t24-,25+/m1/s1. The third-order valence-electron chi connectivity index (χ3n) is 8.39. The molecule has 0 spiro atoms. The molecule has 0 unspecified atom stereocenters. The van der Waals surface area contributed by atoms with Gasteiger partial charge in [-0.25, -0.2) is 27.9 Å². The Morgan fingerprint density at radius 2 is 1.80 bits per heavy atom. The summed E-state index contributed by atoms with van der Waals surface area (Å²) >= 11 is 0. The fourth-order valence-corrected chi connectivity index (χ4v) is 5.76. The van der Waals surface area contributed by atoms with E-state index >= 15 is 0 Å². The highest BCUT2D eigenvalue weighted by atomic mass is 19.3. The molecule has 3 heterocycles. The van der Waals surface area contributed by atoms with E-state index in [0.717, 1.165) is 37.7 Å². The number of alkyl halides is 2. The maximum atomic E-state index is 14.0. The number of imidazole rings is 1. The minimum atomic E-state index is -2.69. The molecule has 12 heteroatoms. The van der Waals surface area contributed by atoms with E-state index in [2.05, 4.69) is 25.8 Å². The van der Waals surface area contributed by atoms with Crippen molar-refractivity contribution >= 4 is 17.5 Å². The Labute approximate surface area is 231 Å². The maximum Gasteiger partial charge on any atom is 0.289 e. The number of rotatable bonds is 11. The predicted molar refractivity (Wildman–Crippen MR) is 141 cm³/mol. The van der Waals surface area contributed by atoms with Gasteiger partial charge in [-0.3, -0.25) is 9.59 Å². The summed E-state index contributed by atoms with van der Waals surface area (Å²) in [5.74, 6) is -2.16. The Morgan fingerprint density at radius 3 is 2.50 bits per heavy atom. The lowest BCUT2D eigenvalue weighted by atomic mass is 9.81. The first-order valence-electron chi connectivity index (χ1n) is 14.5. The van der Waals surface area contributed by atoms with E-state index in [1.807, 2.05) is 13.0 Å². The molecule has 3 aliphatic rings. The second kappa shape index (κ2) is 10.9. The van der Waals surface area contributed by atoms with Gasteiger partial charge in [0.25, 0.3) is 5.91 Å². The van der Waals surface area contributed by atoms with Crippen molar-refractivity contribution in [2.45, 2.75) is 95.7 Å². The van der Waals surface area contributed by atoms with Crippen molar-refractivity contribution in [3.63, 3.8) is 0 Å². The highest BCUT2D eigenvalue weighted by Crippen LogP contribution is 2.43. The topological polar surface area (TPSA) is 119 Å². The summed E-state index contributed by atoms with van der Waals surface area (Å²) in [6, 6.07) is 1.22. The lowest BCUT2D eigenvalue weighted by molar-refractivity contribution is -0.122. The maximum absolute atomic E-state index is 14.0. The second-order valence-electron chi connectivity index (χ2n) is 11.7. The van der Waals surface area contributed by atoms with E-state index in [1.165, 1.54) is 6.33 Å². The van der Waals surface area contributed by atoms with E-state index in [1.54, 1.807) is 21.6 Å². The number of hydrogen-bond donors (Lipinski definition) is 2. The highest BCUT2D eigenvalue weighted by molar-refractivity contribution is 5.90. The molecule has 40 heavy (non-hydrogen) atoms. The highest BCUT2D eigenvalue weighted by Gasteiger charge is 2.40. The molecule has 10 nitrogen and oxygen atoms in total. The van der Waals surface area contributed by atoms with Gasteiger partial charge in [0, 0.05) is 25.8 Å². The van der Waals surface area contributed by atoms with E-state index in [0.29, 0.717) is 36.1 Å². The molecule has 3 aromatic heterocycles. The van der Waals surface area contributed by atoms with Crippen LogP contribution in [-0.2, 0) is 11.3 Å². The minimum absolute atomic E-state index is 0.0229. The van der Waals surface area contributed by atoms with Crippen LogP contribution in [0.25, 0.3) is 5.65 Å². The summed E-state index contributed by atoms with van der Waals surface area (Å²) in [4.78, 5) is 34.8. The zero-order chi connectivity index (χ0) is 27.9. The molecular weight excluding hydrogens is 518 g/mol. The Bertz CT molecular complexity index is 1370. The van der Waals surface area contributed by atoms with Crippen LogP contribution >= 0.6 is 0 Å². The summed E-state index contributed by atoms with van der Waals surface area (Å²) in [5, 5.41) is 15.0. The fourth-order valence-electron chi connectivity index (χ4n) is 5.76. The zero-order valence-corrected chi connectivity index (χ0v) is 22.7. The van der Waals surface area contributed by atoms with Crippen LogP contribution in [0.4, 0.5) is 8.78 Å². The summed E-state index contributed by atoms with van der Waals surface area (Å²) in [6.07, 6.45) is 10.6. The molecule has 6 rings (SSSR count). The zero-order valence-electron chi connectivity index (χ0n) is 22.7. The van der Waals surface area contributed by atoms with Crippen LogP contribution in [0.3, 0.4) is 0 Å². The van der Waals surface area contributed by atoms with Crippen LogP contribution < -0.4 is 10.6 Å². The molecule has 214 valence electrons. The molecular formula is C28H36F2N8O2. The van der Waals surface area contributed by atoms with Gasteiger partial charge in [-0.1, -0.05) is 6.92 Å². The number of halogens is 2. The fraction of sp³-hybridized carbons (Fsp3) is 0.643. The van der Waals surface area contributed by atoms with Gasteiger partial charge in [0.1, 0.15) is 6.33 Å². The molecule has 0 bridgehead atoms. The number of aromatic nitrogens is 6. The molecule has 0 aliphatic heterocycles. The van der Waals surface area contributed by atoms with Crippen molar-refractivity contribution in [1.29, 1.82) is 0 Å². The van der Waals surface area contributed by atoms with Crippen molar-refractivity contribution in [2.75, 3.05) is 0 Å². The smallest absolute Gasteiger partial charge is 0.289 e. The summed E-state index contributed by atoms with van der Waals surface area (Å²) in [7, 11) is 0. The van der Waals surface area contributed by atoms with E-state index in [4.69, 9.17) is 4.98 Å². The minimum Gasteiger partial charge on any atom is -0.349 e. The van der Waals surface area contributed by atoms with Crippen LogP contribution in [0, 0.1) is 17.8 Å². The van der Waals surface area contributed by atoms with Crippen LogP contribution in [0.1, 0.15) is 105 Å². The summed E-state index contributed by atoms with van der Waals surface area (Å²) in [6.45, 7) is 2.62. The summed E-state index contributed by atoms with van der Waals surface area (Å²) in [5.41, 5.74) is 2.04. The molecule has 0 aromatic carbocycles. The van der Waals surface area contributed by atoms with Gasteiger partial charge < -0.3 is 10.6 Å². The normalized spacial score (nSPS) is 20.8. The number of fused-ring (bicyclic) bond motifs is 1. The molecule has 2 N–H and O–H groups in total. The molecule has 3 fully saturated rings. The average Bonchev–Trinajstić information content (AvgIpc) is 3.84. The van der Waals surface area contributed by atoms with Gasteiger partial charge >= 0.3 is 0 Å². The van der Waals surface area contributed by atoms with Crippen molar-refractivity contribution in [3.8, 4) is 0 Å². The lowest BCUT2D eigenvalue weighted by Gasteiger charge is -2.33. The van der Waals surface area contributed by atoms with Crippen LogP contribution in [0.5, 0.6) is 0 Å². The third-order valence-corrected chi connectivity index (χ3v) is 8.39. The van der Waals surface area contributed by atoms with E-state index in [-0.39, 0.29) is 49.4 Å². The Balaban J connectivity index is 1.27. The molecule has 3 saturated carbocycles. The number of nitrogens with one attached hydrogen (secondary N) is 2. The SMILES string of the molecule is CCCC(=O)N[C@@H](c1cnn2cc([C@@H](NC(=O)c3ncnn3CC3CC3)C3CCC(F)(F)CC3)nc2c1)C1CC1. The van der Waals surface area contributed by atoms with Crippen LogP contribution in [0.15, 0.2) is 24.8 Å². The molecule has 2 atom stereocenters. The van der Waals surface area contributed by atoms with Crippen molar-refractivity contribution in [2.24, 2.45) is 17.8 Å². The lowest BCUT2D eigenvalue weighted by Crippen LogP contribution is -2.38. The van der Waals surface area contributed by atoms with Crippen molar-refractivity contribution in [1.82, 2.24) is 40.0 Å². The van der Waals surface area contributed by atoms with Crippen LogP contribution in [0.2, 0.25) is 0 Å². The quantitative estimate of drug-likeness (QED) is 0.363. The summed E-state index contributed by atoms with van der Waals surface area (Å²) < 4.78 is 31.3. The first-order chi connectivity index (χ1) is 19.3. The van der Waals surface area contributed by atoms with Gasteiger partial charge in [0.05, 0.1) is 30.2 Å². The van der Waals surface area contributed by atoms with Gasteiger partial charge in [0.15, 0.2) is 5.65 Å². The molecule has 3 aliphatic carbocycles. The van der Waals surface area contributed by atoms with Gasteiger partial charge in [-0.15, -0.1) is 0 Å². The Hall–Kier alpha value is -3.44. The monoisotopic (exact) mass is 554 g/mol. The largest absolute Gasteiger partial charge is 0.349 e. The number of carbonyl (C=O) groups is 2. The van der Waals surface area contributed by atoms with Crippen molar-refractivity contribution < 1.29 is 18.4 Å². The van der Waals surface area contributed by atoms with Gasteiger partial charge in [0.2, 0.25) is 17.7 Å². The molecule has 2 amide bonds. The Morgan fingerprint density at radius 1 is 1.05 bits per heavy atom. The first-order valence-corrected chi connectivity index (χ1v) is 14.5. The van der Waals surface area contributed by atoms with E-state index in [9.17, 15) is 18.4 Å².